The summed E-state index contributed by atoms with van der Waals surface area (Å²) in [6, 6.07) is 7.96. The molecule has 24 heteroatoms. The van der Waals surface area contributed by atoms with Crippen LogP contribution in [0.1, 0.15) is 19.4 Å². The smallest absolute Gasteiger partial charge is 0.330 e. The molecular formula is C44H50O24. The minimum Gasteiger partial charge on any atom is -0.507 e. The third kappa shape index (κ3) is 9.93. The minimum absolute atomic E-state index is 0.0305. The average molecular weight is 963 g/mol. The normalized spacial score (nSPS) is 31.9. The summed E-state index contributed by atoms with van der Waals surface area (Å²) in [5.74, 6) is -5.02. The van der Waals surface area contributed by atoms with Gasteiger partial charge in [-0.2, -0.15) is 0 Å². The molecule has 24 nitrogen and oxygen atoms in total. The van der Waals surface area contributed by atoms with Crippen molar-refractivity contribution in [3.05, 3.63) is 64.3 Å². The number of carbonyl (C=O) groups excluding carboxylic acids is 1. The topological polar surface area (TPSA) is 373 Å². The molecule has 15 unspecified atom stereocenters. The lowest BCUT2D eigenvalue weighted by molar-refractivity contribution is -0.354. The number of carbonyl (C=O) groups is 1. The highest BCUT2D eigenvalue weighted by Gasteiger charge is 2.52. The van der Waals surface area contributed by atoms with E-state index < -0.39 is 150 Å². The van der Waals surface area contributed by atoms with Gasteiger partial charge in [0.15, 0.2) is 41.2 Å². The van der Waals surface area contributed by atoms with E-state index in [1.165, 1.54) is 52.3 Å². The molecule has 4 heterocycles. The Hall–Kier alpha value is -6.00. The summed E-state index contributed by atoms with van der Waals surface area (Å²) in [5, 5.41) is 127. The lowest BCUT2D eigenvalue weighted by Crippen LogP contribution is -2.64. The van der Waals surface area contributed by atoms with Gasteiger partial charge >= 0.3 is 5.97 Å². The first-order valence-electron chi connectivity index (χ1n) is 20.8. The van der Waals surface area contributed by atoms with Crippen LogP contribution >= 0.6 is 0 Å². The molecule has 0 saturated carbocycles. The zero-order chi connectivity index (χ0) is 49.5. The van der Waals surface area contributed by atoms with Crippen molar-refractivity contribution in [3.63, 3.8) is 0 Å². The number of methoxy groups -OCH3 is 2. The summed E-state index contributed by atoms with van der Waals surface area (Å²) < 4.78 is 56.4. The van der Waals surface area contributed by atoms with Crippen LogP contribution in [0.2, 0.25) is 0 Å². The SMILES string of the molecule is COc1cc(/C=C/C(=O)OCC2OC(Oc3c(-c4ccc(O)c(O)c4)oc4cc(OC5OC(C)C(O)C(O)C5O)cc(O)c4c3=O)C(OC3OC(C)C(O)C(O)C3O)C(O)C2O)cc(OC)c1O. The first kappa shape index (κ1) is 49.9. The largest absolute Gasteiger partial charge is 0.507 e. The first-order chi connectivity index (χ1) is 32.2. The van der Waals surface area contributed by atoms with Crippen LogP contribution in [-0.4, -0.2) is 180 Å². The second-order valence-corrected chi connectivity index (χ2v) is 16.1. The predicted octanol–water partition coefficient (Wildman–Crippen LogP) is -1.20. The summed E-state index contributed by atoms with van der Waals surface area (Å²) in [4.78, 5) is 27.5. The fourth-order valence-corrected chi connectivity index (χ4v) is 7.60. The number of phenols is 4. The molecule has 0 radical (unpaired) electrons. The van der Waals surface area contributed by atoms with Crippen LogP contribution in [0.3, 0.4) is 0 Å². The van der Waals surface area contributed by atoms with Crippen LogP contribution in [0.5, 0.6) is 46.0 Å². The first-order valence-corrected chi connectivity index (χ1v) is 20.8. The number of hydrogen-bond acceptors (Lipinski definition) is 24. The van der Waals surface area contributed by atoms with Crippen molar-refractivity contribution in [3.8, 4) is 57.3 Å². The lowest BCUT2D eigenvalue weighted by atomic mass is 9.97. The van der Waals surface area contributed by atoms with Crippen LogP contribution in [-0.2, 0) is 28.5 Å². The fourth-order valence-electron chi connectivity index (χ4n) is 7.60. The van der Waals surface area contributed by atoms with Gasteiger partial charge in [0.2, 0.25) is 29.5 Å². The number of benzene rings is 3. The highest BCUT2D eigenvalue weighted by Crippen LogP contribution is 2.41. The van der Waals surface area contributed by atoms with Crippen molar-refractivity contribution in [1.29, 1.82) is 0 Å². The van der Waals surface area contributed by atoms with Crippen molar-refractivity contribution in [2.24, 2.45) is 0 Å². The maximum Gasteiger partial charge on any atom is 0.330 e. The van der Waals surface area contributed by atoms with Gasteiger partial charge in [-0.05, 0) is 55.8 Å². The standard InChI is InChI=1S/C44H50O24/c1-15-29(49)34(54)37(57)42(62-15)64-19-12-22(47)28-23(13-19)65-39(18-6-7-20(45)21(46)11-18)40(33(28)53)67-44-41(68-43-38(58)35(55)30(50)16(2)63-43)36(56)32(52)26(66-44)14-61-27(48)8-5-17-9-24(59-3)31(51)25(10-17)60-4/h5-13,15-16,26,29-30,32,34-38,41-47,49-52,54-58H,14H2,1-4H3/b8-5+. The molecule has 3 saturated heterocycles. The molecule has 68 heavy (non-hydrogen) atoms. The van der Waals surface area contributed by atoms with E-state index >= 15 is 0 Å². The summed E-state index contributed by atoms with van der Waals surface area (Å²) in [7, 11) is 2.60. The number of esters is 1. The quantitative estimate of drug-likeness (QED) is 0.0425. The Morgan fingerprint density at radius 1 is 0.662 bits per heavy atom. The Morgan fingerprint density at radius 3 is 1.90 bits per heavy atom. The molecule has 0 spiro atoms. The molecule has 3 aromatic carbocycles. The monoisotopic (exact) mass is 962 g/mol. The Morgan fingerprint density at radius 2 is 1.28 bits per heavy atom. The maximum absolute atomic E-state index is 14.6. The van der Waals surface area contributed by atoms with Crippen LogP contribution in [0.25, 0.3) is 28.4 Å². The Bertz CT molecular complexity index is 2520. The van der Waals surface area contributed by atoms with Crippen molar-refractivity contribution >= 4 is 23.0 Å². The van der Waals surface area contributed by atoms with Gasteiger partial charge in [0, 0.05) is 23.8 Å². The van der Waals surface area contributed by atoms with E-state index in [1.807, 2.05) is 0 Å². The number of rotatable bonds is 13. The Labute approximate surface area is 384 Å². The number of aliphatic hydroxyl groups is 8. The Balaban J connectivity index is 1.25. The number of fused-ring (bicyclic) bond motifs is 1. The van der Waals surface area contributed by atoms with E-state index in [1.54, 1.807) is 0 Å². The molecule has 12 N–H and O–H groups in total. The van der Waals surface area contributed by atoms with Crippen LogP contribution in [0.4, 0.5) is 0 Å². The van der Waals surface area contributed by atoms with Gasteiger partial charge < -0.3 is 108 Å². The highest BCUT2D eigenvalue weighted by molar-refractivity contribution is 5.89. The average Bonchev–Trinajstić information content (AvgIpc) is 3.31. The fraction of sp³-hybridized carbons (Fsp3) is 0.455. The van der Waals surface area contributed by atoms with E-state index in [0.29, 0.717) is 5.56 Å². The van der Waals surface area contributed by atoms with Gasteiger partial charge in [-0.25, -0.2) is 4.79 Å². The third-order valence-corrected chi connectivity index (χ3v) is 11.5. The zero-order valence-electron chi connectivity index (χ0n) is 36.3. The van der Waals surface area contributed by atoms with Gasteiger partial charge in [0.25, 0.3) is 0 Å². The molecule has 0 aliphatic carbocycles. The van der Waals surface area contributed by atoms with E-state index in [9.17, 15) is 70.9 Å². The summed E-state index contributed by atoms with van der Waals surface area (Å²) in [5.41, 5.74) is -1.42. The molecule has 0 amide bonds. The van der Waals surface area contributed by atoms with E-state index in [2.05, 4.69) is 0 Å². The number of ether oxygens (including phenoxy) is 9. The molecule has 4 aromatic rings. The number of aromatic hydroxyl groups is 4. The molecule has 7 rings (SSSR count). The molecular weight excluding hydrogens is 912 g/mol. The summed E-state index contributed by atoms with van der Waals surface area (Å²) in [6.07, 6.45) is -23.6. The second kappa shape index (κ2) is 20.3. The molecule has 3 fully saturated rings. The van der Waals surface area contributed by atoms with Crippen molar-refractivity contribution in [2.45, 2.75) is 106 Å². The predicted molar refractivity (Wildman–Crippen MR) is 226 cm³/mol. The number of aliphatic hydroxyl groups excluding tert-OH is 8. The minimum atomic E-state index is -2.11. The summed E-state index contributed by atoms with van der Waals surface area (Å²) in [6.45, 7) is 1.94. The molecule has 0 bridgehead atoms. The second-order valence-electron chi connectivity index (χ2n) is 16.1. The van der Waals surface area contributed by atoms with Crippen LogP contribution < -0.4 is 24.4 Å². The van der Waals surface area contributed by atoms with Gasteiger partial charge in [0.1, 0.15) is 84.0 Å². The van der Waals surface area contributed by atoms with E-state index in [4.69, 9.17) is 47.0 Å². The summed E-state index contributed by atoms with van der Waals surface area (Å²) >= 11 is 0. The molecule has 3 aliphatic rings. The Kier molecular flexibility index (Phi) is 14.9. The number of hydrogen-bond donors (Lipinski definition) is 12. The molecule has 3 aliphatic heterocycles. The van der Waals surface area contributed by atoms with Crippen molar-refractivity contribution in [2.75, 3.05) is 20.8 Å². The number of phenolic OH excluding ortho intramolecular Hbond substituents is 4. The molecule has 1 aromatic heterocycles. The zero-order valence-corrected chi connectivity index (χ0v) is 36.3. The maximum atomic E-state index is 14.6. The van der Waals surface area contributed by atoms with Crippen molar-refractivity contribution < 1.29 is 113 Å². The van der Waals surface area contributed by atoms with Crippen LogP contribution in [0, 0.1) is 0 Å². The van der Waals surface area contributed by atoms with Gasteiger partial charge in [-0.15, -0.1) is 0 Å². The van der Waals surface area contributed by atoms with Crippen LogP contribution in [0.15, 0.2) is 57.8 Å². The lowest BCUT2D eigenvalue weighted by Gasteiger charge is -2.45. The van der Waals surface area contributed by atoms with Gasteiger partial charge in [-0.1, -0.05) is 0 Å². The van der Waals surface area contributed by atoms with Crippen molar-refractivity contribution in [1.82, 2.24) is 0 Å². The van der Waals surface area contributed by atoms with Gasteiger partial charge in [0.05, 0.1) is 26.4 Å². The van der Waals surface area contributed by atoms with Gasteiger partial charge in [-0.3, -0.25) is 4.79 Å². The van der Waals surface area contributed by atoms with E-state index in [0.717, 1.165) is 30.3 Å². The highest BCUT2D eigenvalue weighted by atomic mass is 16.8. The third-order valence-electron chi connectivity index (χ3n) is 11.5. The molecule has 15 atom stereocenters. The molecule has 370 valence electrons. The van der Waals surface area contributed by atoms with E-state index in [-0.39, 0.29) is 28.6 Å².